The van der Waals surface area contributed by atoms with Crippen molar-refractivity contribution < 1.29 is 23.1 Å². The summed E-state index contributed by atoms with van der Waals surface area (Å²) in [5.74, 6) is -2.34. The molecular formula is C15H19F2NO3S. The van der Waals surface area contributed by atoms with Crippen LogP contribution in [0.25, 0.3) is 0 Å². The van der Waals surface area contributed by atoms with Gasteiger partial charge in [-0.1, -0.05) is 20.3 Å². The van der Waals surface area contributed by atoms with Crippen LogP contribution >= 0.6 is 11.8 Å². The molecule has 0 aromatic heterocycles. The zero-order valence-electron chi connectivity index (χ0n) is 12.7. The predicted molar refractivity (Wildman–Crippen MR) is 80.5 cm³/mol. The molecule has 4 nitrogen and oxygen atoms in total. The van der Waals surface area contributed by atoms with Crippen LogP contribution in [0.2, 0.25) is 0 Å². The highest BCUT2D eigenvalue weighted by atomic mass is 32.2. The van der Waals surface area contributed by atoms with Gasteiger partial charge in [-0.2, -0.15) is 0 Å². The summed E-state index contributed by atoms with van der Waals surface area (Å²) in [4.78, 5) is 23.6. The molecule has 0 radical (unpaired) electrons. The summed E-state index contributed by atoms with van der Waals surface area (Å²) < 4.78 is 31.2. The van der Waals surface area contributed by atoms with Gasteiger partial charge in [0.25, 0.3) is 0 Å². The summed E-state index contributed by atoms with van der Waals surface area (Å²) in [5, 5.41) is 2.57. The van der Waals surface area contributed by atoms with Crippen molar-refractivity contribution in [3.63, 3.8) is 0 Å². The molecule has 1 amide bonds. The van der Waals surface area contributed by atoms with E-state index in [1.165, 1.54) is 7.11 Å². The molecule has 22 heavy (non-hydrogen) atoms. The Hall–Kier alpha value is -1.63. The third-order valence-electron chi connectivity index (χ3n) is 3.24. The monoisotopic (exact) mass is 331 g/mol. The van der Waals surface area contributed by atoms with Crippen molar-refractivity contribution in [2.24, 2.45) is 5.92 Å². The van der Waals surface area contributed by atoms with E-state index in [9.17, 15) is 18.4 Å². The molecule has 0 heterocycles. The minimum atomic E-state index is -0.750. The first-order valence-electron chi connectivity index (χ1n) is 6.84. The van der Waals surface area contributed by atoms with E-state index in [2.05, 4.69) is 10.1 Å². The molecule has 1 N–H and O–H groups in total. The molecule has 1 aromatic carbocycles. The summed E-state index contributed by atoms with van der Waals surface area (Å²) in [7, 11) is 1.25. The second kappa shape index (κ2) is 8.73. The number of thioether (sulfide) groups is 1. The molecule has 2 atom stereocenters. The van der Waals surface area contributed by atoms with Crippen molar-refractivity contribution in [2.45, 2.75) is 31.2 Å². The smallest absolute Gasteiger partial charge is 0.328 e. The molecule has 1 rings (SSSR count). The Balaban J connectivity index is 2.64. The maximum atomic E-state index is 13.5. The highest BCUT2D eigenvalue weighted by Gasteiger charge is 2.26. The fourth-order valence-electron chi connectivity index (χ4n) is 1.74. The first-order valence-corrected chi connectivity index (χ1v) is 7.82. The van der Waals surface area contributed by atoms with Gasteiger partial charge in [-0.3, -0.25) is 4.79 Å². The van der Waals surface area contributed by atoms with Gasteiger partial charge in [-0.25, -0.2) is 13.6 Å². The molecule has 0 spiro atoms. The van der Waals surface area contributed by atoms with E-state index in [0.717, 1.165) is 30.0 Å². The van der Waals surface area contributed by atoms with Gasteiger partial charge in [0.2, 0.25) is 5.91 Å². The van der Waals surface area contributed by atoms with Crippen LogP contribution in [0.1, 0.15) is 20.3 Å². The van der Waals surface area contributed by atoms with Crippen LogP contribution in [0.3, 0.4) is 0 Å². The fraction of sp³-hybridized carbons (Fsp3) is 0.467. The molecular weight excluding hydrogens is 312 g/mol. The number of ether oxygens (including phenoxy) is 1. The van der Waals surface area contributed by atoms with Crippen LogP contribution in [0.4, 0.5) is 8.78 Å². The largest absolute Gasteiger partial charge is 0.467 e. The summed E-state index contributed by atoms with van der Waals surface area (Å²) in [6.45, 7) is 3.71. The number of hydrogen-bond acceptors (Lipinski definition) is 4. The van der Waals surface area contributed by atoms with Crippen LogP contribution in [0.5, 0.6) is 0 Å². The van der Waals surface area contributed by atoms with Gasteiger partial charge in [0.05, 0.1) is 12.9 Å². The first kappa shape index (κ1) is 18.4. The van der Waals surface area contributed by atoms with Gasteiger partial charge in [-0.05, 0) is 24.1 Å². The van der Waals surface area contributed by atoms with E-state index < -0.39 is 29.6 Å². The van der Waals surface area contributed by atoms with Gasteiger partial charge in [0.15, 0.2) is 0 Å². The molecule has 0 saturated heterocycles. The van der Waals surface area contributed by atoms with Crippen molar-refractivity contribution in [2.75, 3.05) is 12.9 Å². The van der Waals surface area contributed by atoms with Crippen molar-refractivity contribution in [1.82, 2.24) is 5.32 Å². The third kappa shape index (κ3) is 5.29. The Kier molecular flexibility index (Phi) is 7.31. The summed E-state index contributed by atoms with van der Waals surface area (Å²) in [6, 6.07) is 2.29. The number of amides is 1. The molecule has 0 aliphatic carbocycles. The van der Waals surface area contributed by atoms with Crippen LogP contribution in [0, 0.1) is 17.6 Å². The van der Waals surface area contributed by atoms with E-state index in [1.807, 2.05) is 13.8 Å². The molecule has 1 aromatic rings. The first-order chi connectivity index (χ1) is 10.4. The maximum Gasteiger partial charge on any atom is 0.328 e. The molecule has 2 unspecified atom stereocenters. The lowest BCUT2D eigenvalue weighted by Gasteiger charge is -2.21. The molecule has 0 aliphatic rings. The van der Waals surface area contributed by atoms with Gasteiger partial charge in [0.1, 0.15) is 17.7 Å². The van der Waals surface area contributed by atoms with Crippen molar-refractivity contribution >= 4 is 23.6 Å². The van der Waals surface area contributed by atoms with Crippen LogP contribution in [-0.4, -0.2) is 30.8 Å². The molecule has 7 heteroatoms. The van der Waals surface area contributed by atoms with Gasteiger partial charge in [0, 0.05) is 4.90 Å². The normalized spacial score (nSPS) is 13.3. The lowest BCUT2D eigenvalue weighted by atomic mass is 9.99. The number of carbonyl (C=O) groups is 2. The minimum Gasteiger partial charge on any atom is -0.467 e. The number of nitrogens with one attached hydrogen (secondary N) is 1. The maximum absolute atomic E-state index is 13.5. The number of benzene rings is 1. The van der Waals surface area contributed by atoms with Crippen molar-refractivity contribution in [1.29, 1.82) is 0 Å². The Morgan fingerprint density at radius 1 is 1.36 bits per heavy atom. The van der Waals surface area contributed by atoms with E-state index in [0.29, 0.717) is 6.42 Å². The number of rotatable bonds is 7. The SMILES string of the molecule is CCC(C)C(NC(=O)CSc1cc(F)ccc1F)C(=O)OC. The average Bonchev–Trinajstić information content (AvgIpc) is 2.51. The third-order valence-corrected chi connectivity index (χ3v) is 4.27. The summed E-state index contributed by atoms with van der Waals surface area (Å²) >= 11 is 0.871. The highest BCUT2D eigenvalue weighted by molar-refractivity contribution is 8.00. The molecule has 0 bridgehead atoms. The highest BCUT2D eigenvalue weighted by Crippen LogP contribution is 2.22. The number of carbonyl (C=O) groups excluding carboxylic acids is 2. The quantitative estimate of drug-likeness (QED) is 0.617. The van der Waals surface area contributed by atoms with Gasteiger partial charge >= 0.3 is 5.97 Å². The van der Waals surface area contributed by atoms with Crippen molar-refractivity contribution in [3.8, 4) is 0 Å². The average molecular weight is 331 g/mol. The Morgan fingerprint density at radius 2 is 2.05 bits per heavy atom. The molecule has 0 aliphatic heterocycles. The number of hydrogen-bond donors (Lipinski definition) is 1. The fourth-order valence-corrected chi connectivity index (χ4v) is 2.51. The van der Waals surface area contributed by atoms with Crippen LogP contribution < -0.4 is 5.32 Å². The van der Waals surface area contributed by atoms with E-state index in [1.54, 1.807) is 0 Å². The van der Waals surface area contributed by atoms with Crippen LogP contribution in [0.15, 0.2) is 23.1 Å². The lowest BCUT2D eigenvalue weighted by Crippen LogP contribution is -2.46. The summed E-state index contributed by atoms with van der Waals surface area (Å²) in [6.07, 6.45) is 0.686. The van der Waals surface area contributed by atoms with Gasteiger partial charge < -0.3 is 10.1 Å². The predicted octanol–water partition coefficient (Wildman–Crippen LogP) is 2.76. The van der Waals surface area contributed by atoms with E-state index >= 15 is 0 Å². The zero-order chi connectivity index (χ0) is 16.7. The van der Waals surface area contributed by atoms with Crippen molar-refractivity contribution in [3.05, 3.63) is 29.8 Å². The number of methoxy groups -OCH3 is 1. The Bertz CT molecular complexity index is 540. The molecule has 122 valence electrons. The second-order valence-electron chi connectivity index (χ2n) is 4.82. The summed E-state index contributed by atoms with van der Waals surface area (Å²) in [5.41, 5.74) is 0. The minimum absolute atomic E-state index is 0.0494. The van der Waals surface area contributed by atoms with E-state index in [-0.39, 0.29) is 16.6 Å². The van der Waals surface area contributed by atoms with Gasteiger partial charge in [-0.15, -0.1) is 11.8 Å². The Labute approximate surface area is 132 Å². The van der Waals surface area contributed by atoms with E-state index in [4.69, 9.17) is 0 Å². The number of esters is 1. The zero-order valence-corrected chi connectivity index (χ0v) is 13.5. The number of halogens is 2. The second-order valence-corrected chi connectivity index (χ2v) is 5.83. The van der Waals surface area contributed by atoms with Crippen LogP contribution in [-0.2, 0) is 14.3 Å². The Morgan fingerprint density at radius 3 is 2.64 bits per heavy atom. The molecule has 0 saturated carbocycles. The molecule has 0 fully saturated rings. The lowest BCUT2D eigenvalue weighted by molar-refractivity contribution is -0.146. The standard InChI is InChI=1S/C15H19F2NO3S/c1-4-9(2)14(15(20)21-3)18-13(19)8-22-12-7-10(16)5-6-11(12)17/h5-7,9,14H,4,8H2,1-3H3,(H,18,19). The topological polar surface area (TPSA) is 55.4 Å².